The second-order valence-corrected chi connectivity index (χ2v) is 3.10. The van der Waals surface area contributed by atoms with Crippen LogP contribution in [0.1, 0.15) is 12.8 Å². The lowest BCUT2D eigenvalue weighted by atomic mass is 10.1. The quantitative estimate of drug-likeness (QED) is 0.543. The summed E-state index contributed by atoms with van der Waals surface area (Å²) in [5.41, 5.74) is 0. The third-order valence-electron chi connectivity index (χ3n) is 2.34. The first-order chi connectivity index (χ1) is 5.27. The van der Waals surface area contributed by atoms with Crippen molar-refractivity contribution >= 4 is 5.97 Å². The van der Waals surface area contributed by atoms with Crippen molar-refractivity contribution in [3.8, 4) is 0 Å². The molecule has 62 valence electrons. The summed E-state index contributed by atoms with van der Waals surface area (Å²) in [6.07, 6.45) is 2.05. The normalized spacial score (nSPS) is 42.4. The van der Waals surface area contributed by atoms with Gasteiger partial charge in [0, 0.05) is 6.54 Å². The van der Waals surface area contributed by atoms with Gasteiger partial charge in [-0.25, -0.2) is 0 Å². The van der Waals surface area contributed by atoms with Crippen molar-refractivity contribution in [2.24, 2.45) is 0 Å². The summed E-state index contributed by atoms with van der Waals surface area (Å²) in [4.78, 5) is 10.6. The molecule has 0 aliphatic carbocycles. The molecule has 2 rings (SSSR count). The van der Waals surface area contributed by atoms with Crippen molar-refractivity contribution in [3.05, 3.63) is 0 Å². The standard InChI is InChI=1S/C7H11NO3/c9-7(10)6-5-2-1-4(11-5)3-8-6/h4-6,8H,1-3H2,(H,9,10)/t4-,5+,6+/m0/s1. The fourth-order valence-electron chi connectivity index (χ4n) is 1.77. The molecule has 0 amide bonds. The van der Waals surface area contributed by atoms with Crippen LogP contribution in [0.25, 0.3) is 0 Å². The lowest BCUT2D eigenvalue weighted by molar-refractivity contribution is -0.146. The minimum Gasteiger partial charge on any atom is -0.480 e. The monoisotopic (exact) mass is 157 g/mol. The van der Waals surface area contributed by atoms with Gasteiger partial charge in [-0.1, -0.05) is 0 Å². The van der Waals surface area contributed by atoms with Crippen molar-refractivity contribution in [1.29, 1.82) is 0 Å². The zero-order chi connectivity index (χ0) is 7.84. The van der Waals surface area contributed by atoms with Crippen molar-refractivity contribution in [3.63, 3.8) is 0 Å². The number of carboxylic acid groups (broad SMARTS) is 1. The fourth-order valence-corrected chi connectivity index (χ4v) is 1.77. The van der Waals surface area contributed by atoms with Gasteiger partial charge in [0.2, 0.25) is 0 Å². The molecule has 2 aliphatic rings. The van der Waals surface area contributed by atoms with Crippen LogP contribution in [0.3, 0.4) is 0 Å². The van der Waals surface area contributed by atoms with Gasteiger partial charge in [-0.15, -0.1) is 0 Å². The van der Waals surface area contributed by atoms with Gasteiger partial charge < -0.3 is 9.84 Å². The zero-order valence-corrected chi connectivity index (χ0v) is 6.12. The van der Waals surface area contributed by atoms with Gasteiger partial charge in [-0.05, 0) is 12.8 Å². The number of carbonyl (C=O) groups is 1. The maximum Gasteiger partial charge on any atom is 0.323 e. The lowest BCUT2D eigenvalue weighted by Gasteiger charge is -2.27. The SMILES string of the molecule is O=C(O)[C@@H]1NC[C@@H]2CC[C@H]1O2. The molecule has 2 heterocycles. The van der Waals surface area contributed by atoms with Crippen molar-refractivity contribution in [1.82, 2.24) is 5.32 Å². The fraction of sp³-hybridized carbons (Fsp3) is 0.857. The number of fused-ring (bicyclic) bond motifs is 2. The molecule has 3 atom stereocenters. The third kappa shape index (κ3) is 1.12. The molecular formula is C7H11NO3. The van der Waals surface area contributed by atoms with Gasteiger partial charge in [0.1, 0.15) is 6.04 Å². The molecule has 2 aliphatic heterocycles. The molecule has 4 heteroatoms. The van der Waals surface area contributed by atoms with E-state index in [4.69, 9.17) is 9.84 Å². The van der Waals surface area contributed by atoms with Crippen molar-refractivity contribution < 1.29 is 14.6 Å². The van der Waals surface area contributed by atoms with Gasteiger partial charge >= 0.3 is 5.97 Å². The summed E-state index contributed by atoms with van der Waals surface area (Å²) < 4.78 is 5.43. The van der Waals surface area contributed by atoms with Crippen LogP contribution in [-0.4, -0.2) is 35.9 Å². The largest absolute Gasteiger partial charge is 0.480 e. The van der Waals surface area contributed by atoms with Crippen LogP contribution in [0.15, 0.2) is 0 Å². The maximum atomic E-state index is 10.6. The highest BCUT2D eigenvalue weighted by atomic mass is 16.5. The van der Waals surface area contributed by atoms with E-state index in [1.54, 1.807) is 0 Å². The van der Waals surface area contributed by atoms with E-state index in [2.05, 4.69) is 5.32 Å². The molecule has 0 radical (unpaired) electrons. The molecule has 0 aromatic rings. The first-order valence-electron chi connectivity index (χ1n) is 3.89. The van der Waals surface area contributed by atoms with Crippen LogP contribution in [0.5, 0.6) is 0 Å². The van der Waals surface area contributed by atoms with Crippen molar-refractivity contribution in [2.45, 2.75) is 31.1 Å². The Morgan fingerprint density at radius 1 is 1.55 bits per heavy atom. The molecule has 0 spiro atoms. The molecular weight excluding hydrogens is 146 g/mol. The number of nitrogens with one attached hydrogen (secondary N) is 1. The molecule has 2 bridgehead atoms. The molecule has 0 unspecified atom stereocenters. The van der Waals surface area contributed by atoms with Gasteiger partial charge in [0.05, 0.1) is 12.2 Å². The minimum atomic E-state index is -0.796. The summed E-state index contributed by atoms with van der Waals surface area (Å²) in [5, 5.41) is 11.7. The van der Waals surface area contributed by atoms with Gasteiger partial charge in [0.25, 0.3) is 0 Å². The summed E-state index contributed by atoms with van der Waals surface area (Å²) >= 11 is 0. The van der Waals surface area contributed by atoms with Gasteiger partial charge in [-0.2, -0.15) is 0 Å². The van der Waals surface area contributed by atoms with E-state index in [-0.39, 0.29) is 12.2 Å². The second kappa shape index (κ2) is 2.46. The number of hydrogen-bond donors (Lipinski definition) is 2. The Kier molecular flexibility index (Phi) is 1.58. The Morgan fingerprint density at radius 2 is 2.36 bits per heavy atom. The van der Waals surface area contributed by atoms with Gasteiger partial charge in [-0.3, -0.25) is 10.1 Å². The Hall–Kier alpha value is -0.610. The lowest BCUT2D eigenvalue weighted by Crippen LogP contribution is -2.52. The van der Waals surface area contributed by atoms with Gasteiger partial charge in [0.15, 0.2) is 0 Å². The first-order valence-corrected chi connectivity index (χ1v) is 3.89. The van der Waals surface area contributed by atoms with E-state index in [0.29, 0.717) is 6.54 Å². The average Bonchev–Trinajstić information content (AvgIpc) is 2.32. The third-order valence-corrected chi connectivity index (χ3v) is 2.34. The van der Waals surface area contributed by atoms with Crippen LogP contribution >= 0.6 is 0 Å². The number of rotatable bonds is 1. The summed E-state index contributed by atoms with van der Waals surface area (Å²) in [6, 6.07) is -0.478. The van der Waals surface area contributed by atoms with E-state index in [1.807, 2.05) is 0 Å². The van der Waals surface area contributed by atoms with E-state index >= 15 is 0 Å². The molecule has 4 nitrogen and oxygen atoms in total. The van der Waals surface area contributed by atoms with E-state index < -0.39 is 12.0 Å². The molecule has 0 saturated carbocycles. The highest BCUT2D eigenvalue weighted by Gasteiger charge is 2.39. The van der Waals surface area contributed by atoms with Crippen LogP contribution < -0.4 is 5.32 Å². The predicted molar refractivity (Wildman–Crippen MR) is 37.3 cm³/mol. The summed E-state index contributed by atoms with van der Waals surface area (Å²) in [6.45, 7) is 0.688. The van der Waals surface area contributed by atoms with Crippen molar-refractivity contribution in [2.75, 3.05) is 6.54 Å². The summed E-state index contributed by atoms with van der Waals surface area (Å²) in [5.74, 6) is -0.796. The number of carboxylic acids is 1. The van der Waals surface area contributed by atoms with Crippen LogP contribution in [0, 0.1) is 0 Å². The highest BCUT2D eigenvalue weighted by molar-refractivity contribution is 5.74. The minimum absolute atomic E-state index is 0.0914. The van der Waals surface area contributed by atoms with E-state index in [9.17, 15) is 4.79 Å². The predicted octanol–water partition coefficient (Wildman–Crippen LogP) is -0.410. The molecule has 11 heavy (non-hydrogen) atoms. The van der Waals surface area contributed by atoms with Crippen LogP contribution in [0.4, 0.5) is 0 Å². The highest BCUT2D eigenvalue weighted by Crippen LogP contribution is 2.25. The topological polar surface area (TPSA) is 58.6 Å². The molecule has 2 N–H and O–H groups in total. The molecule has 0 aromatic carbocycles. The smallest absolute Gasteiger partial charge is 0.323 e. The van der Waals surface area contributed by atoms with E-state index in [1.165, 1.54) is 0 Å². The summed E-state index contributed by atoms with van der Waals surface area (Å²) in [7, 11) is 0. The van der Waals surface area contributed by atoms with Crippen LogP contribution in [0.2, 0.25) is 0 Å². The Balaban J connectivity index is 2.07. The average molecular weight is 157 g/mol. The molecule has 2 saturated heterocycles. The van der Waals surface area contributed by atoms with Crippen LogP contribution in [-0.2, 0) is 9.53 Å². The zero-order valence-electron chi connectivity index (χ0n) is 6.12. The second-order valence-electron chi connectivity index (χ2n) is 3.10. The number of morpholine rings is 1. The Bertz CT molecular complexity index is 183. The maximum absolute atomic E-state index is 10.6. The first kappa shape index (κ1) is 7.06. The Morgan fingerprint density at radius 3 is 3.09 bits per heavy atom. The molecule has 2 fully saturated rings. The number of ether oxygens (including phenoxy) is 1. The Labute approximate surface area is 64.5 Å². The molecule has 0 aromatic heterocycles. The van der Waals surface area contributed by atoms with E-state index in [0.717, 1.165) is 12.8 Å². The number of aliphatic carboxylic acids is 1. The number of hydrogen-bond acceptors (Lipinski definition) is 3.